The minimum Gasteiger partial charge on any atom is -0.339 e. The van der Waals surface area contributed by atoms with Gasteiger partial charge in [-0.2, -0.15) is 0 Å². The molecule has 0 aromatic rings. The highest BCUT2D eigenvalue weighted by atomic mass is 32.2. The summed E-state index contributed by atoms with van der Waals surface area (Å²) in [5, 5.41) is 0.236. The van der Waals surface area contributed by atoms with Crippen molar-refractivity contribution >= 4 is 17.7 Å². The van der Waals surface area contributed by atoms with Crippen molar-refractivity contribution in [1.29, 1.82) is 0 Å². The Bertz CT molecular complexity index is 203. The van der Waals surface area contributed by atoms with Crippen LogP contribution in [0.5, 0.6) is 0 Å². The molecule has 0 aromatic heterocycles. The Morgan fingerprint density at radius 1 is 1.43 bits per heavy atom. The van der Waals surface area contributed by atoms with Crippen molar-refractivity contribution in [3.63, 3.8) is 0 Å². The molecule has 1 saturated heterocycles. The molecule has 0 saturated carbocycles. The smallest absolute Gasteiger partial charge is 0.235 e. The maximum atomic E-state index is 11.9. The summed E-state index contributed by atoms with van der Waals surface area (Å²) < 4.78 is 0. The molecule has 14 heavy (non-hydrogen) atoms. The molecule has 1 fully saturated rings. The van der Waals surface area contributed by atoms with E-state index in [9.17, 15) is 4.79 Å². The third kappa shape index (κ3) is 2.91. The van der Waals surface area contributed by atoms with Gasteiger partial charge in [0.1, 0.15) is 0 Å². The molecule has 0 aliphatic carbocycles. The van der Waals surface area contributed by atoms with Crippen molar-refractivity contribution in [1.82, 2.24) is 4.90 Å². The monoisotopic (exact) mass is 215 g/mol. The number of nitrogens with zero attached hydrogens (tertiary/aromatic N) is 1. The molecule has 1 amide bonds. The van der Waals surface area contributed by atoms with E-state index in [0.717, 1.165) is 18.7 Å². The van der Waals surface area contributed by atoms with E-state index in [1.54, 1.807) is 0 Å². The second kappa shape index (κ2) is 5.06. The summed E-state index contributed by atoms with van der Waals surface area (Å²) in [5.74, 6) is 2.13. The standard InChI is InChI=1S/C11H21NOS/c1-8(2)7-14-10-5-6-12(9(3)4)11(10)13/h8-10H,5-7H2,1-4H3. The maximum absolute atomic E-state index is 11.9. The predicted octanol–water partition coefficient (Wildman–Crippen LogP) is 2.38. The molecule has 1 aliphatic heterocycles. The summed E-state index contributed by atoms with van der Waals surface area (Å²) >= 11 is 1.83. The topological polar surface area (TPSA) is 20.3 Å². The summed E-state index contributed by atoms with van der Waals surface area (Å²) in [6.45, 7) is 9.53. The Kier molecular flexibility index (Phi) is 4.30. The van der Waals surface area contributed by atoms with Crippen LogP contribution in [-0.4, -0.2) is 34.4 Å². The Balaban J connectivity index is 2.40. The fraction of sp³-hybridized carbons (Fsp3) is 0.909. The van der Waals surface area contributed by atoms with Crippen LogP contribution < -0.4 is 0 Å². The van der Waals surface area contributed by atoms with E-state index >= 15 is 0 Å². The zero-order valence-corrected chi connectivity index (χ0v) is 10.4. The number of hydrogen-bond acceptors (Lipinski definition) is 2. The fourth-order valence-corrected chi connectivity index (χ4v) is 2.82. The van der Waals surface area contributed by atoms with E-state index < -0.39 is 0 Å². The molecule has 0 aromatic carbocycles. The summed E-state index contributed by atoms with van der Waals surface area (Å²) in [7, 11) is 0. The van der Waals surface area contributed by atoms with Crippen molar-refractivity contribution < 1.29 is 4.79 Å². The van der Waals surface area contributed by atoms with Gasteiger partial charge in [-0.3, -0.25) is 4.79 Å². The Morgan fingerprint density at radius 2 is 2.07 bits per heavy atom. The van der Waals surface area contributed by atoms with Gasteiger partial charge in [0, 0.05) is 12.6 Å². The van der Waals surface area contributed by atoms with E-state index in [0.29, 0.717) is 17.9 Å². The minimum absolute atomic E-state index is 0.236. The number of carbonyl (C=O) groups excluding carboxylic acids is 1. The molecule has 1 unspecified atom stereocenters. The lowest BCUT2D eigenvalue weighted by Crippen LogP contribution is -2.34. The van der Waals surface area contributed by atoms with Crippen molar-refractivity contribution in [2.75, 3.05) is 12.3 Å². The predicted molar refractivity (Wildman–Crippen MR) is 62.6 cm³/mol. The second-order valence-corrected chi connectivity index (χ2v) is 5.87. The first kappa shape index (κ1) is 11.9. The molecular weight excluding hydrogens is 194 g/mol. The van der Waals surface area contributed by atoms with Crippen molar-refractivity contribution in [3.05, 3.63) is 0 Å². The van der Waals surface area contributed by atoms with Crippen molar-refractivity contribution in [2.45, 2.75) is 45.4 Å². The molecule has 1 rings (SSSR count). The Morgan fingerprint density at radius 3 is 2.50 bits per heavy atom. The molecule has 0 spiro atoms. The molecule has 1 aliphatic rings. The average Bonchev–Trinajstić information content (AvgIpc) is 2.43. The summed E-state index contributed by atoms with van der Waals surface area (Å²) in [5.41, 5.74) is 0. The van der Waals surface area contributed by atoms with Crippen LogP contribution in [0.2, 0.25) is 0 Å². The maximum Gasteiger partial charge on any atom is 0.235 e. The highest BCUT2D eigenvalue weighted by Crippen LogP contribution is 2.26. The van der Waals surface area contributed by atoms with Crippen molar-refractivity contribution in [3.8, 4) is 0 Å². The van der Waals surface area contributed by atoms with Crippen LogP contribution in [0.1, 0.15) is 34.1 Å². The van der Waals surface area contributed by atoms with Gasteiger partial charge < -0.3 is 4.90 Å². The molecule has 0 radical (unpaired) electrons. The summed E-state index contributed by atoms with van der Waals surface area (Å²) in [4.78, 5) is 13.9. The van der Waals surface area contributed by atoms with E-state index in [-0.39, 0.29) is 5.25 Å². The molecule has 1 heterocycles. The number of amides is 1. The van der Waals surface area contributed by atoms with Crippen LogP contribution in [0, 0.1) is 5.92 Å². The van der Waals surface area contributed by atoms with E-state index in [1.165, 1.54) is 0 Å². The van der Waals surface area contributed by atoms with Crippen molar-refractivity contribution in [2.24, 2.45) is 5.92 Å². The molecule has 0 bridgehead atoms. The van der Waals surface area contributed by atoms with Gasteiger partial charge in [0.15, 0.2) is 0 Å². The van der Waals surface area contributed by atoms with Gasteiger partial charge in [0.2, 0.25) is 5.91 Å². The molecule has 1 atom stereocenters. The molecule has 82 valence electrons. The summed E-state index contributed by atoms with van der Waals surface area (Å²) in [6.07, 6.45) is 1.04. The zero-order chi connectivity index (χ0) is 10.7. The van der Waals surface area contributed by atoms with E-state index in [4.69, 9.17) is 0 Å². The largest absolute Gasteiger partial charge is 0.339 e. The molecule has 3 heteroatoms. The van der Waals surface area contributed by atoms with Crippen LogP contribution in [0.3, 0.4) is 0 Å². The molecule has 0 N–H and O–H groups in total. The van der Waals surface area contributed by atoms with Gasteiger partial charge in [-0.25, -0.2) is 0 Å². The summed E-state index contributed by atoms with van der Waals surface area (Å²) in [6, 6.07) is 0.368. The minimum atomic E-state index is 0.236. The highest BCUT2D eigenvalue weighted by Gasteiger charge is 2.32. The zero-order valence-electron chi connectivity index (χ0n) is 9.62. The SMILES string of the molecule is CC(C)CSC1CCN(C(C)C)C1=O. The van der Waals surface area contributed by atoms with Crippen LogP contribution in [0.25, 0.3) is 0 Å². The third-order valence-electron chi connectivity index (χ3n) is 2.44. The van der Waals surface area contributed by atoms with Gasteiger partial charge in [-0.15, -0.1) is 11.8 Å². The normalized spacial score (nSPS) is 22.9. The first-order chi connectivity index (χ1) is 6.52. The average molecular weight is 215 g/mol. The quantitative estimate of drug-likeness (QED) is 0.717. The van der Waals surface area contributed by atoms with Gasteiger partial charge in [-0.05, 0) is 31.9 Å². The highest BCUT2D eigenvalue weighted by molar-refractivity contribution is 8.00. The van der Waals surface area contributed by atoms with Crippen LogP contribution in [0.4, 0.5) is 0 Å². The van der Waals surface area contributed by atoms with E-state index in [1.807, 2.05) is 16.7 Å². The number of rotatable bonds is 4. The first-order valence-corrected chi connectivity index (χ1v) is 6.49. The second-order valence-electron chi connectivity index (χ2n) is 4.63. The number of likely N-dealkylation sites (tertiary alicyclic amines) is 1. The third-order valence-corrected chi connectivity index (χ3v) is 4.14. The van der Waals surface area contributed by atoms with Gasteiger partial charge in [-0.1, -0.05) is 13.8 Å². The molecule has 2 nitrogen and oxygen atoms in total. The number of hydrogen-bond donors (Lipinski definition) is 0. The van der Waals surface area contributed by atoms with Crippen LogP contribution in [0.15, 0.2) is 0 Å². The first-order valence-electron chi connectivity index (χ1n) is 5.44. The Labute approximate surface area is 91.4 Å². The molecular formula is C11H21NOS. The number of carbonyl (C=O) groups is 1. The van der Waals surface area contributed by atoms with E-state index in [2.05, 4.69) is 27.7 Å². The fourth-order valence-electron chi connectivity index (χ4n) is 1.65. The lowest BCUT2D eigenvalue weighted by atomic mass is 10.3. The van der Waals surface area contributed by atoms with Crippen LogP contribution >= 0.6 is 11.8 Å². The Hall–Kier alpha value is -0.180. The van der Waals surface area contributed by atoms with Gasteiger partial charge in [0.25, 0.3) is 0 Å². The van der Waals surface area contributed by atoms with Gasteiger partial charge in [0.05, 0.1) is 5.25 Å². The lowest BCUT2D eigenvalue weighted by Gasteiger charge is -2.20. The van der Waals surface area contributed by atoms with Crippen LogP contribution in [-0.2, 0) is 4.79 Å². The van der Waals surface area contributed by atoms with Gasteiger partial charge >= 0.3 is 0 Å². The lowest BCUT2D eigenvalue weighted by molar-refractivity contribution is -0.128. The number of thioether (sulfide) groups is 1.